The van der Waals surface area contributed by atoms with Gasteiger partial charge in [-0.05, 0) is 12.8 Å². The van der Waals surface area contributed by atoms with Gasteiger partial charge in [0.05, 0.1) is 12.6 Å². The van der Waals surface area contributed by atoms with Crippen LogP contribution in [0.15, 0.2) is 0 Å². The SMILES string of the molecule is NCC(=O)N1CCC(O)CC1. The number of rotatable bonds is 1. The Morgan fingerprint density at radius 1 is 1.55 bits per heavy atom. The molecule has 0 aromatic heterocycles. The Bertz CT molecular complexity index is 141. The molecule has 64 valence electrons. The van der Waals surface area contributed by atoms with Crippen molar-refractivity contribution in [2.24, 2.45) is 5.73 Å². The Kier molecular flexibility index (Phi) is 2.84. The molecule has 1 amide bonds. The van der Waals surface area contributed by atoms with Crippen LogP contribution in [0.1, 0.15) is 12.8 Å². The third-order valence-corrected chi connectivity index (χ3v) is 1.99. The Morgan fingerprint density at radius 2 is 2.09 bits per heavy atom. The number of aliphatic hydroxyl groups excluding tert-OH is 1. The van der Waals surface area contributed by atoms with Crippen LogP contribution in [0.4, 0.5) is 0 Å². The van der Waals surface area contributed by atoms with Crippen molar-refractivity contribution in [2.75, 3.05) is 19.6 Å². The average Bonchev–Trinajstić information content (AvgIpc) is 2.05. The fraction of sp³-hybridized carbons (Fsp3) is 0.857. The van der Waals surface area contributed by atoms with Crippen LogP contribution in [0.25, 0.3) is 0 Å². The molecule has 1 heterocycles. The van der Waals surface area contributed by atoms with E-state index in [-0.39, 0.29) is 18.6 Å². The molecule has 1 aliphatic rings. The number of carbonyl (C=O) groups is 1. The van der Waals surface area contributed by atoms with E-state index in [1.54, 1.807) is 4.90 Å². The van der Waals surface area contributed by atoms with Crippen LogP contribution < -0.4 is 5.73 Å². The number of carbonyl (C=O) groups excluding carboxylic acids is 1. The number of aliphatic hydroxyl groups is 1. The van der Waals surface area contributed by atoms with Gasteiger partial charge in [-0.2, -0.15) is 0 Å². The molecule has 0 saturated carbocycles. The second kappa shape index (κ2) is 3.69. The standard InChI is InChI=1S/C7H14N2O2/c8-5-7(11)9-3-1-6(10)2-4-9/h6,10H,1-5,8H2. The summed E-state index contributed by atoms with van der Waals surface area (Å²) in [6.07, 6.45) is 1.15. The van der Waals surface area contributed by atoms with Gasteiger partial charge in [-0.1, -0.05) is 0 Å². The van der Waals surface area contributed by atoms with Gasteiger partial charge in [-0.3, -0.25) is 4.79 Å². The highest BCUT2D eigenvalue weighted by atomic mass is 16.3. The molecule has 0 aliphatic carbocycles. The highest BCUT2D eigenvalue weighted by Crippen LogP contribution is 2.09. The molecule has 0 aromatic carbocycles. The predicted octanol–water partition coefficient (Wildman–Crippen LogP) is -1.07. The summed E-state index contributed by atoms with van der Waals surface area (Å²) >= 11 is 0. The van der Waals surface area contributed by atoms with E-state index in [9.17, 15) is 4.79 Å². The molecule has 3 N–H and O–H groups in total. The average molecular weight is 158 g/mol. The number of nitrogens with two attached hydrogens (primary N) is 1. The van der Waals surface area contributed by atoms with E-state index in [1.165, 1.54) is 0 Å². The lowest BCUT2D eigenvalue weighted by Crippen LogP contribution is -2.42. The largest absolute Gasteiger partial charge is 0.393 e. The summed E-state index contributed by atoms with van der Waals surface area (Å²) < 4.78 is 0. The number of piperidine rings is 1. The molecule has 0 bridgehead atoms. The topological polar surface area (TPSA) is 66.6 Å². The molecule has 4 nitrogen and oxygen atoms in total. The molecular formula is C7H14N2O2. The zero-order chi connectivity index (χ0) is 8.27. The van der Waals surface area contributed by atoms with Crippen molar-refractivity contribution in [2.45, 2.75) is 18.9 Å². The van der Waals surface area contributed by atoms with Crippen molar-refractivity contribution in [1.82, 2.24) is 4.90 Å². The fourth-order valence-corrected chi connectivity index (χ4v) is 1.24. The summed E-state index contributed by atoms with van der Waals surface area (Å²) in [5.41, 5.74) is 5.18. The Balaban J connectivity index is 2.33. The lowest BCUT2D eigenvalue weighted by molar-refractivity contribution is -0.131. The van der Waals surface area contributed by atoms with Crippen molar-refractivity contribution >= 4 is 5.91 Å². The van der Waals surface area contributed by atoms with Gasteiger partial charge in [-0.15, -0.1) is 0 Å². The first kappa shape index (κ1) is 8.49. The van der Waals surface area contributed by atoms with Gasteiger partial charge in [0.1, 0.15) is 0 Å². The molecule has 0 atom stereocenters. The monoisotopic (exact) mass is 158 g/mol. The van der Waals surface area contributed by atoms with E-state index in [2.05, 4.69) is 0 Å². The van der Waals surface area contributed by atoms with E-state index in [1.807, 2.05) is 0 Å². The quantitative estimate of drug-likeness (QED) is 0.510. The van der Waals surface area contributed by atoms with Gasteiger partial charge in [-0.25, -0.2) is 0 Å². The van der Waals surface area contributed by atoms with Crippen LogP contribution in [-0.4, -0.2) is 41.7 Å². The Labute approximate surface area is 66.0 Å². The molecule has 0 unspecified atom stereocenters. The molecule has 1 fully saturated rings. The van der Waals surface area contributed by atoms with E-state index in [4.69, 9.17) is 10.8 Å². The molecular weight excluding hydrogens is 144 g/mol. The lowest BCUT2D eigenvalue weighted by atomic mass is 10.1. The van der Waals surface area contributed by atoms with Gasteiger partial charge >= 0.3 is 0 Å². The van der Waals surface area contributed by atoms with Crippen LogP contribution >= 0.6 is 0 Å². The maximum atomic E-state index is 11.0. The van der Waals surface area contributed by atoms with Gasteiger partial charge < -0.3 is 15.7 Å². The number of amides is 1. The summed E-state index contributed by atoms with van der Waals surface area (Å²) in [6, 6.07) is 0. The first-order valence-corrected chi connectivity index (χ1v) is 3.90. The Morgan fingerprint density at radius 3 is 2.55 bits per heavy atom. The van der Waals surface area contributed by atoms with Crippen LogP contribution in [0.5, 0.6) is 0 Å². The second-order valence-corrected chi connectivity index (χ2v) is 2.82. The third kappa shape index (κ3) is 2.17. The zero-order valence-corrected chi connectivity index (χ0v) is 6.49. The predicted molar refractivity (Wildman–Crippen MR) is 40.9 cm³/mol. The summed E-state index contributed by atoms with van der Waals surface area (Å²) in [5, 5.41) is 9.11. The van der Waals surface area contributed by atoms with Crippen molar-refractivity contribution in [3.63, 3.8) is 0 Å². The van der Waals surface area contributed by atoms with Crippen molar-refractivity contribution in [3.8, 4) is 0 Å². The minimum atomic E-state index is -0.225. The smallest absolute Gasteiger partial charge is 0.236 e. The van der Waals surface area contributed by atoms with Crippen LogP contribution in [-0.2, 0) is 4.79 Å². The van der Waals surface area contributed by atoms with Crippen molar-refractivity contribution in [3.05, 3.63) is 0 Å². The van der Waals surface area contributed by atoms with E-state index in [0.29, 0.717) is 25.9 Å². The maximum absolute atomic E-state index is 11.0. The lowest BCUT2D eigenvalue weighted by Gasteiger charge is -2.29. The van der Waals surface area contributed by atoms with Gasteiger partial charge in [0, 0.05) is 13.1 Å². The van der Waals surface area contributed by atoms with Gasteiger partial charge in [0.2, 0.25) is 5.91 Å². The zero-order valence-electron chi connectivity index (χ0n) is 6.49. The van der Waals surface area contributed by atoms with Crippen LogP contribution in [0.2, 0.25) is 0 Å². The van der Waals surface area contributed by atoms with E-state index >= 15 is 0 Å². The second-order valence-electron chi connectivity index (χ2n) is 2.82. The number of hydrogen-bond acceptors (Lipinski definition) is 3. The van der Waals surface area contributed by atoms with E-state index in [0.717, 1.165) is 0 Å². The van der Waals surface area contributed by atoms with Crippen molar-refractivity contribution < 1.29 is 9.90 Å². The van der Waals surface area contributed by atoms with Crippen molar-refractivity contribution in [1.29, 1.82) is 0 Å². The number of likely N-dealkylation sites (tertiary alicyclic amines) is 1. The summed E-state index contributed by atoms with van der Waals surface area (Å²) in [4.78, 5) is 12.7. The normalized spacial score (nSPS) is 20.4. The third-order valence-electron chi connectivity index (χ3n) is 1.99. The van der Waals surface area contributed by atoms with Gasteiger partial charge in [0.15, 0.2) is 0 Å². The number of nitrogens with zero attached hydrogens (tertiary/aromatic N) is 1. The molecule has 1 aliphatic heterocycles. The molecule has 1 rings (SSSR count). The molecule has 4 heteroatoms. The van der Waals surface area contributed by atoms with Crippen LogP contribution in [0, 0.1) is 0 Å². The van der Waals surface area contributed by atoms with E-state index < -0.39 is 0 Å². The highest BCUT2D eigenvalue weighted by molar-refractivity contribution is 5.78. The number of hydrogen-bond donors (Lipinski definition) is 2. The Hall–Kier alpha value is -0.610. The van der Waals surface area contributed by atoms with Crippen LogP contribution in [0.3, 0.4) is 0 Å². The minimum Gasteiger partial charge on any atom is -0.393 e. The minimum absolute atomic E-state index is 0.0168. The summed E-state index contributed by atoms with van der Waals surface area (Å²) in [6.45, 7) is 1.38. The highest BCUT2D eigenvalue weighted by Gasteiger charge is 2.19. The molecule has 0 aromatic rings. The first-order valence-electron chi connectivity index (χ1n) is 3.90. The fourth-order valence-electron chi connectivity index (χ4n) is 1.24. The first-order chi connectivity index (χ1) is 5.24. The summed E-state index contributed by atoms with van der Waals surface area (Å²) in [5.74, 6) is -0.0168. The molecule has 0 spiro atoms. The molecule has 1 saturated heterocycles. The van der Waals surface area contributed by atoms with Gasteiger partial charge in [0.25, 0.3) is 0 Å². The molecule has 0 radical (unpaired) electrons. The maximum Gasteiger partial charge on any atom is 0.236 e. The molecule has 11 heavy (non-hydrogen) atoms. The summed E-state index contributed by atoms with van der Waals surface area (Å²) in [7, 11) is 0.